The monoisotopic (exact) mass is 202 g/mol. The molecule has 0 saturated heterocycles. The van der Waals surface area contributed by atoms with E-state index in [-0.39, 0.29) is 0 Å². The largest absolute Gasteiger partial charge is 0.450 e. The molecule has 0 bridgehead atoms. The molecule has 0 rings (SSSR count). The van der Waals surface area contributed by atoms with Crippen molar-refractivity contribution < 1.29 is 18.7 Å². The van der Waals surface area contributed by atoms with Gasteiger partial charge in [0.05, 0.1) is 5.60 Å². The first-order valence-corrected chi connectivity index (χ1v) is 5.44. The van der Waals surface area contributed by atoms with Crippen LogP contribution in [0.2, 0.25) is 0 Å². The van der Waals surface area contributed by atoms with Crippen LogP contribution in [0.25, 0.3) is 0 Å². The average Bonchev–Trinajstić information content (AvgIpc) is 1.83. The van der Waals surface area contributed by atoms with Gasteiger partial charge in [0.1, 0.15) is 0 Å². The van der Waals surface area contributed by atoms with E-state index in [4.69, 9.17) is 11.2 Å². The lowest BCUT2D eigenvalue weighted by molar-refractivity contribution is -0.278. The molecule has 0 N–H and O–H groups in total. The fourth-order valence-corrected chi connectivity index (χ4v) is 0.645. The lowest BCUT2D eigenvalue weighted by atomic mass is 10.2. The Bertz CT molecular complexity index is 164. The third-order valence-corrected chi connectivity index (χ3v) is 1.87. The predicted octanol–water partition coefficient (Wildman–Crippen LogP) is 2.73. The van der Waals surface area contributed by atoms with Crippen LogP contribution in [0.1, 0.15) is 20.8 Å². The highest BCUT2D eigenvalue weighted by Crippen LogP contribution is 2.53. The smallest absolute Gasteiger partial charge is 0.299 e. The van der Waals surface area contributed by atoms with Crippen molar-refractivity contribution in [2.75, 3.05) is 7.11 Å². The number of halogens is 1. The summed E-state index contributed by atoms with van der Waals surface area (Å²) < 4.78 is 19.5. The van der Waals surface area contributed by atoms with Crippen LogP contribution in [0.3, 0.4) is 0 Å². The highest BCUT2D eigenvalue weighted by Gasteiger charge is 2.24. The standard InChI is InChI=1S/C5H12ClO4P/c1-5(2,3)9-10-11(6,7)8-4/h1-4H3. The first-order valence-electron chi connectivity index (χ1n) is 3.00. The van der Waals surface area contributed by atoms with Gasteiger partial charge in [-0.25, -0.2) is 9.45 Å². The van der Waals surface area contributed by atoms with Gasteiger partial charge in [-0.3, -0.25) is 4.52 Å². The number of hydrogen-bond acceptors (Lipinski definition) is 4. The van der Waals surface area contributed by atoms with Crippen molar-refractivity contribution in [3.05, 3.63) is 0 Å². The summed E-state index contributed by atoms with van der Waals surface area (Å²) in [6.45, 7) is 1.69. The topological polar surface area (TPSA) is 44.8 Å². The maximum Gasteiger partial charge on any atom is 0.450 e. The Morgan fingerprint density at radius 3 is 2.09 bits per heavy atom. The van der Waals surface area contributed by atoms with E-state index in [1.54, 1.807) is 20.8 Å². The van der Waals surface area contributed by atoms with Gasteiger partial charge in [-0.15, -0.1) is 4.67 Å². The van der Waals surface area contributed by atoms with Crippen LogP contribution >= 0.6 is 18.2 Å². The predicted molar refractivity (Wildman–Crippen MR) is 42.4 cm³/mol. The molecular formula is C5H12ClO4P. The summed E-state index contributed by atoms with van der Waals surface area (Å²) >= 11 is 5.21. The van der Waals surface area contributed by atoms with Gasteiger partial charge in [0.2, 0.25) is 0 Å². The number of rotatable bonds is 3. The average molecular weight is 203 g/mol. The SMILES string of the molecule is COP(=O)(Cl)OOC(C)(C)C. The number of hydrogen-bond donors (Lipinski definition) is 0. The van der Waals surface area contributed by atoms with Gasteiger partial charge < -0.3 is 0 Å². The van der Waals surface area contributed by atoms with Crippen molar-refractivity contribution in [2.45, 2.75) is 26.4 Å². The van der Waals surface area contributed by atoms with Gasteiger partial charge in [0.15, 0.2) is 0 Å². The summed E-state index contributed by atoms with van der Waals surface area (Å²) in [7, 11) is 1.18. The van der Waals surface area contributed by atoms with Crippen LogP contribution in [0, 0.1) is 0 Å². The summed E-state index contributed by atoms with van der Waals surface area (Å²) in [4.78, 5) is 4.66. The molecular weight excluding hydrogens is 190 g/mol. The first kappa shape index (κ1) is 11.4. The summed E-state index contributed by atoms with van der Waals surface area (Å²) in [6, 6.07) is 0. The highest BCUT2D eigenvalue weighted by molar-refractivity contribution is 7.81. The fourth-order valence-electron chi connectivity index (χ4n) is 0.187. The highest BCUT2D eigenvalue weighted by atomic mass is 35.7. The minimum absolute atomic E-state index is 0.552. The van der Waals surface area contributed by atoms with E-state index in [0.717, 1.165) is 0 Å². The molecule has 6 heteroatoms. The molecule has 1 atom stereocenters. The maximum absolute atomic E-state index is 10.8. The summed E-state index contributed by atoms with van der Waals surface area (Å²) in [5.74, 6) is 0. The van der Waals surface area contributed by atoms with E-state index in [1.165, 1.54) is 7.11 Å². The Balaban J connectivity index is 3.80. The van der Waals surface area contributed by atoms with E-state index < -0.39 is 12.5 Å². The molecule has 0 aliphatic heterocycles. The molecule has 0 saturated carbocycles. The lowest BCUT2D eigenvalue weighted by Crippen LogP contribution is -2.18. The van der Waals surface area contributed by atoms with E-state index in [9.17, 15) is 4.57 Å². The summed E-state index contributed by atoms with van der Waals surface area (Å²) in [6.07, 6.45) is 0. The van der Waals surface area contributed by atoms with Gasteiger partial charge in [-0.2, -0.15) is 0 Å². The molecule has 11 heavy (non-hydrogen) atoms. The van der Waals surface area contributed by atoms with Crippen LogP contribution in [0.4, 0.5) is 0 Å². The summed E-state index contributed by atoms with van der Waals surface area (Å²) in [5, 5.41) is 0. The second-order valence-corrected chi connectivity index (χ2v) is 5.50. The quantitative estimate of drug-likeness (QED) is 0.401. The molecule has 0 aliphatic carbocycles. The second-order valence-electron chi connectivity index (χ2n) is 2.88. The minimum Gasteiger partial charge on any atom is -0.299 e. The van der Waals surface area contributed by atoms with Crippen molar-refractivity contribution in [3.63, 3.8) is 0 Å². The van der Waals surface area contributed by atoms with Gasteiger partial charge in [-0.05, 0) is 20.8 Å². The molecule has 0 aliphatic rings. The van der Waals surface area contributed by atoms with E-state index in [1.807, 2.05) is 0 Å². The molecule has 0 aromatic carbocycles. The zero-order valence-corrected chi connectivity index (χ0v) is 8.61. The molecule has 1 unspecified atom stereocenters. The third-order valence-electron chi connectivity index (χ3n) is 0.594. The Morgan fingerprint density at radius 1 is 1.36 bits per heavy atom. The normalized spacial score (nSPS) is 17.9. The third kappa shape index (κ3) is 6.78. The molecule has 0 spiro atoms. The Hall–Kier alpha value is 0.400. The molecule has 0 aromatic rings. The van der Waals surface area contributed by atoms with Gasteiger partial charge in [0.25, 0.3) is 0 Å². The minimum atomic E-state index is -3.52. The molecule has 0 radical (unpaired) electrons. The van der Waals surface area contributed by atoms with Crippen LogP contribution in [0.5, 0.6) is 0 Å². The first-order chi connectivity index (χ1) is 4.77. The van der Waals surface area contributed by atoms with Crippen LogP contribution < -0.4 is 0 Å². The fraction of sp³-hybridized carbons (Fsp3) is 1.00. The van der Waals surface area contributed by atoms with Crippen LogP contribution in [-0.2, 0) is 18.7 Å². The molecule has 0 amide bonds. The molecule has 0 fully saturated rings. The van der Waals surface area contributed by atoms with Crippen molar-refractivity contribution in [1.82, 2.24) is 0 Å². The molecule has 0 aromatic heterocycles. The van der Waals surface area contributed by atoms with Crippen LogP contribution in [0.15, 0.2) is 0 Å². The van der Waals surface area contributed by atoms with Crippen molar-refractivity contribution in [3.8, 4) is 0 Å². The Labute approximate surface area is 71.0 Å². The van der Waals surface area contributed by atoms with E-state index in [0.29, 0.717) is 0 Å². The Kier molecular flexibility index (Phi) is 4.02. The molecule has 68 valence electrons. The van der Waals surface area contributed by atoms with Gasteiger partial charge >= 0.3 is 6.95 Å². The van der Waals surface area contributed by atoms with Crippen molar-refractivity contribution in [2.24, 2.45) is 0 Å². The summed E-state index contributed by atoms with van der Waals surface area (Å²) in [5.41, 5.74) is -0.552. The van der Waals surface area contributed by atoms with E-state index in [2.05, 4.69) is 14.1 Å². The van der Waals surface area contributed by atoms with Crippen LogP contribution in [-0.4, -0.2) is 12.7 Å². The zero-order chi connectivity index (χ0) is 9.12. The zero-order valence-electron chi connectivity index (χ0n) is 6.96. The molecule has 4 nitrogen and oxygen atoms in total. The molecule has 0 heterocycles. The van der Waals surface area contributed by atoms with Gasteiger partial charge in [0, 0.05) is 18.4 Å². The Morgan fingerprint density at radius 2 is 1.82 bits per heavy atom. The van der Waals surface area contributed by atoms with Crippen molar-refractivity contribution in [1.29, 1.82) is 0 Å². The second kappa shape index (κ2) is 3.87. The van der Waals surface area contributed by atoms with E-state index >= 15 is 0 Å². The van der Waals surface area contributed by atoms with Crippen molar-refractivity contribution >= 4 is 18.2 Å². The maximum atomic E-state index is 10.8. The lowest BCUT2D eigenvalue weighted by Gasteiger charge is -2.18. The van der Waals surface area contributed by atoms with Gasteiger partial charge in [-0.1, -0.05) is 0 Å².